The first-order valence-corrected chi connectivity index (χ1v) is 4.87. The Morgan fingerprint density at radius 3 is 2.25 bits per heavy atom. The van der Waals surface area contributed by atoms with E-state index < -0.39 is 17.7 Å². The Morgan fingerprint density at radius 1 is 1.19 bits per heavy atom. The largest absolute Gasteiger partial charge is 0.476 e. The Kier molecular flexibility index (Phi) is 3.94. The molecule has 0 saturated heterocycles. The van der Waals surface area contributed by atoms with Gasteiger partial charge in [-0.25, -0.2) is 4.79 Å². The third kappa shape index (κ3) is 3.02. The molecule has 1 aromatic rings. The quantitative estimate of drug-likeness (QED) is 0.603. The highest BCUT2D eigenvalue weighted by atomic mass is 16.4. The highest BCUT2D eigenvalue weighted by molar-refractivity contribution is 6.33. The first kappa shape index (κ1) is 12.1. The van der Waals surface area contributed by atoms with Crippen LogP contribution in [-0.2, 0) is 9.59 Å². The molecule has 0 amide bonds. The number of carbonyl (C=O) groups excluding carboxylic acids is 2. The zero-order valence-corrected chi connectivity index (χ0v) is 8.84. The molecule has 1 unspecified atom stereocenters. The fourth-order valence-corrected chi connectivity index (χ4v) is 1.35. The summed E-state index contributed by atoms with van der Waals surface area (Å²) < 4.78 is 0. The van der Waals surface area contributed by atoms with Crippen LogP contribution in [-0.4, -0.2) is 22.6 Å². The Labute approximate surface area is 92.9 Å². The second kappa shape index (κ2) is 5.21. The Morgan fingerprint density at radius 2 is 1.75 bits per heavy atom. The lowest BCUT2D eigenvalue weighted by Gasteiger charge is -2.07. The summed E-state index contributed by atoms with van der Waals surface area (Å²) in [6, 6.07) is 8.51. The standard InChI is InChI=1S/C12H12O4/c1-8(7-10(13)12(15)16)11(14)9-5-3-2-4-6-9/h2-6,8H,7H2,1H3,(H,15,16). The van der Waals surface area contributed by atoms with Crippen LogP contribution >= 0.6 is 0 Å². The number of Topliss-reactive ketones (excluding diaryl/α,β-unsaturated/α-hetero) is 2. The molecule has 16 heavy (non-hydrogen) atoms. The minimum absolute atomic E-state index is 0.213. The van der Waals surface area contributed by atoms with E-state index in [2.05, 4.69) is 0 Å². The molecule has 1 aromatic carbocycles. The average Bonchev–Trinajstić information content (AvgIpc) is 2.28. The van der Waals surface area contributed by atoms with Crippen LogP contribution in [0.15, 0.2) is 30.3 Å². The first-order chi connectivity index (χ1) is 7.52. The molecular weight excluding hydrogens is 208 g/mol. The van der Waals surface area contributed by atoms with E-state index in [4.69, 9.17) is 5.11 Å². The number of ketones is 2. The molecule has 0 aliphatic carbocycles. The molecule has 0 heterocycles. The van der Waals surface area contributed by atoms with E-state index in [-0.39, 0.29) is 12.2 Å². The van der Waals surface area contributed by atoms with Crippen LogP contribution in [0.2, 0.25) is 0 Å². The van der Waals surface area contributed by atoms with Crippen molar-refractivity contribution in [2.24, 2.45) is 5.92 Å². The van der Waals surface area contributed by atoms with Crippen molar-refractivity contribution in [1.82, 2.24) is 0 Å². The second-order valence-corrected chi connectivity index (χ2v) is 3.56. The van der Waals surface area contributed by atoms with Crippen molar-refractivity contribution in [2.45, 2.75) is 13.3 Å². The zero-order chi connectivity index (χ0) is 12.1. The summed E-state index contributed by atoms with van der Waals surface area (Å²) in [5.41, 5.74) is 0.494. The van der Waals surface area contributed by atoms with E-state index in [9.17, 15) is 14.4 Å². The van der Waals surface area contributed by atoms with Crippen LogP contribution in [0.1, 0.15) is 23.7 Å². The maximum atomic E-state index is 11.8. The summed E-state index contributed by atoms with van der Waals surface area (Å²) in [6.07, 6.45) is -0.261. The van der Waals surface area contributed by atoms with Crippen molar-refractivity contribution in [2.75, 3.05) is 0 Å². The van der Waals surface area contributed by atoms with Gasteiger partial charge < -0.3 is 5.11 Å². The van der Waals surface area contributed by atoms with E-state index in [0.717, 1.165) is 0 Å². The van der Waals surface area contributed by atoms with Crippen molar-refractivity contribution >= 4 is 17.5 Å². The second-order valence-electron chi connectivity index (χ2n) is 3.56. The molecule has 1 rings (SSSR count). The molecule has 0 bridgehead atoms. The van der Waals surface area contributed by atoms with Crippen molar-refractivity contribution in [3.05, 3.63) is 35.9 Å². The fraction of sp³-hybridized carbons (Fsp3) is 0.250. The van der Waals surface area contributed by atoms with E-state index >= 15 is 0 Å². The number of aliphatic carboxylic acids is 1. The third-order valence-corrected chi connectivity index (χ3v) is 2.24. The maximum absolute atomic E-state index is 11.8. The van der Waals surface area contributed by atoms with Gasteiger partial charge in [-0.2, -0.15) is 0 Å². The number of hydrogen-bond donors (Lipinski definition) is 1. The number of carboxylic acid groups (broad SMARTS) is 1. The summed E-state index contributed by atoms with van der Waals surface area (Å²) >= 11 is 0. The van der Waals surface area contributed by atoms with Gasteiger partial charge in [0.05, 0.1) is 0 Å². The number of rotatable bonds is 5. The molecular formula is C12H12O4. The van der Waals surface area contributed by atoms with Gasteiger partial charge in [0.15, 0.2) is 5.78 Å². The zero-order valence-electron chi connectivity index (χ0n) is 8.84. The SMILES string of the molecule is CC(CC(=O)C(=O)O)C(=O)c1ccccc1. The molecule has 0 radical (unpaired) electrons. The molecule has 0 aliphatic heterocycles. The van der Waals surface area contributed by atoms with E-state index in [1.807, 2.05) is 0 Å². The Bertz CT molecular complexity index is 408. The lowest BCUT2D eigenvalue weighted by Crippen LogP contribution is -2.20. The smallest absolute Gasteiger partial charge is 0.372 e. The summed E-state index contributed by atoms with van der Waals surface area (Å²) in [5, 5.41) is 8.42. The molecule has 4 nitrogen and oxygen atoms in total. The third-order valence-electron chi connectivity index (χ3n) is 2.24. The van der Waals surface area contributed by atoms with Gasteiger partial charge in [0.2, 0.25) is 5.78 Å². The van der Waals surface area contributed by atoms with Crippen molar-refractivity contribution < 1.29 is 19.5 Å². The molecule has 4 heteroatoms. The van der Waals surface area contributed by atoms with Crippen LogP contribution in [0.3, 0.4) is 0 Å². The average molecular weight is 220 g/mol. The summed E-state index contributed by atoms with van der Waals surface area (Å²) in [7, 11) is 0. The molecule has 0 spiro atoms. The van der Waals surface area contributed by atoms with Crippen molar-refractivity contribution in [3.63, 3.8) is 0 Å². The lowest BCUT2D eigenvalue weighted by atomic mass is 9.95. The molecule has 0 aliphatic rings. The number of carboxylic acids is 1. The molecule has 84 valence electrons. The summed E-state index contributed by atoms with van der Waals surface area (Å²) in [4.78, 5) is 33.0. The molecule has 0 aromatic heterocycles. The van der Waals surface area contributed by atoms with E-state index in [1.54, 1.807) is 37.3 Å². The van der Waals surface area contributed by atoms with Gasteiger partial charge in [-0.3, -0.25) is 9.59 Å². The molecule has 0 saturated carbocycles. The summed E-state index contributed by atoms with van der Waals surface area (Å²) in [5.74, 6) is -3.24. The van der Waals surface area contributed by atoms with Gasteiger partial charge in [-0.15, -0.1) is 0 Å². The predicted molar refractivity (Wildman–Crippen MR) is 57.2 cm³/mol. The monoisotopic (exact) mass is 220 g/mol. The van der Waals surface area contributed by atoms with Crippen LogP contribution in [0.4, 0.5) is 0 Å². The van der Waals surface area contributed by atoms with Gasteiger partial charge in [-0.05, 0) is 0 Å². The number of carbonyl (C=O) groups is 3. The molecule has 1 N–H and O–H groups in total. The van der Waals surface area contributed by atoms with Crippen molar-refractivity contribution in [3.8, 4) is 0 Å². The van der Waals surface area contributed by atoms with Gasteiger partial charge in [0, 0.05) is 17.9 Å². The van der Waals surface area contributed by atoms with Gasteiger partial charge in [0.25, 0.3) is 0 Å². The van der Waals surface area contributed by atoms with E-state index in [1.165, 1.54) is 0 Å². The highest BCUT2D eigenvalue weighted by Gasteiger charge is 2.21. The fourth-order valence-electron chi connectivity index (χ4n) is 1.35. The summed E-state index contributed by atoms with van der Waals surface area (Å²) in [6.45, 7) is 1.55. The van der Waals surface area contributed by atoms with Crippen LogP contribution in [0.5, 0.6) is 0 Å². The van der Waals surface area contributed by atoms with Gasteiger partial charge in [-0.1, -0.05) is 37.3 Å². The number of hydrogen-bond acceptors (Lipinski definition) is 3. The Balaban J connectivity index is 2.69. The number of benzene rings is 1. The minimum atomic E-state index is -1.49. The van der Waals surface area contributed by atoms with Gasteiger partial charge >= 0.3 is 5.97 Å². The lowest BCUT2D eigenvalue weighted by molar-refractivity contribution is -0.149. The normalized spacial score (nSPS) is 11.8. The van der Waals surface area contributed by atoms with Crippen molar-refractivity contribution in [1.29, 1.82) is 0 Å². The molecule has 1 atom stereocenters. The highest BCUT2D eigenvalue weighted by Crippen LogP contribution is 2.12. The predicted octanol–water partition coefficient (Wildman–Crippen LogP) is 1.55. The van der Waals surface area contributed by atoms with Crippen LogP contribution < -0.4 is 0 Å². The van der Waals surface area contributed by atoms with Crippen LogP contribution in [0, 0.1) is 5.92 Å². The Hall–Kier alpha value is -1.97. The van der Waals surface area contributed by atoms with Gasteiger partial charge in [0.1, 0.15) is 0 Å². The van der Waals surface area contributed by atoms with Crippen LogP contribution in [0.25, 0.3) is 0 Å². The minimum Gasteiger partial charge on any atom is -0.476 e. The maximum Gasteiger partial charge on any atom is 0.372 e. The van der Waals surface area contributed by atoms with E-state index in [0.29, 0.717) is 5.56 Å². The molecule has 0 fully saturated rings. The first-order valence-electron chi connectivity index (χ1n) is 4.87. The topological polar surface area (TPSA) is 71.4 Å².